The summed E-state index contributed by atoms with van der Waals surface area (Å²) in [6.07, 6.45) is 5.45. The average molecular weight is 277 g/mol. The van der Waals surface area contributed by atoms with E-state index in [1.165, 1.54) is 12.1 Å². The summed E-state index contributed by atoms with van der Waals surface area (Å²) in [6, 6.07) is 6.54. The second kappa shape index (κ2) is 7.17. The van der Waals surface area contributed by atoms with Crippen molar-refractivity contribution in [1.29, 1.82) is 0 Å². The van der Waals surface area contributed by atoms with Crippen LogP contribution in [0.3, 0.4) is 0 Å². The molecule has 1 aromatic heterocycles. The van der Waals surface area contributed by atoms with Crippen LogP contribution in [-0.2, 0) is 6.54 Å². The maximum absolute atomic E-state index is 12.9. The van der Waals surface area contributed by atoms with E-state index in [1.54, 1.807) is 23.0 Å². The summed E-state index contributed by atoms with van der Waals surface area (Å²) in [5.41, 5.74) is 1.89. The standard InChI is InChI=1S/C15H20FN3O/c1-2-14(7-8-20)17-9-12-10-18-19(11-12)15-5-3-13(16)4-6-15/h3-6,10-11,14,17,20H,2,7-9H2,1H3. The van der Waals surface area contributed by atoms with Crippen LogP contribution < -0.4 is 5.32 Å². The second-order valence-corrected chi connectivity index (χ2v) is 4.77. The zero-order valence-electron chi connectivity index (χ0n) is 11.6. The predicted molar refractivity (Wildman–Crippen MR) is 76.1 cm³/mol. The monoisotopic (exact) mass is 277 g/mol. The van der Waals surface area contributed by atoms with Gasteiger partial charge in [-0.3, -0.25) is 0 Å². The molecule has 1 aromatic carbocycles. The van der Waals surface area contributed by atoms with Crippen molar-refractivity contribution in [2.75, 3.05) is 6.61 Å². The quantitative estimate of drug-likeness (QED) is 0.816. The van der Waals surface area contributed by atoms with Crippen molar-refractivity contribution < 1.29 is 9.50 Å². The Balaban J connectivity index is 1.96. The first-order valence-corrected chi connectivity index (χ1v) is 6.86. The summed E-state index contributed by atoms with van der Waals surface area (Å²) in [5.74, 6) is -0.252. The molecule has 0 radical (unpaired) electrons. The number of hydrogen-bond acceptors (Lipinski definition) is 3. The van der Waals surface area contributed by atoms with Crippen LogP contribution in [0, 0.1) is 5.82 Å². The van der Waals surface area contributed by atoms with Crippen molar-refractivity contribution in [3.63, 3.8) is 0 Å². The van der Waals surface area contributed by atoms with E-state index in [0.717, 1.165) is 24.1 Å². The molecule has 0 aliphatic rings. The van der Waals surface area contributed by atoms with Gasteiger partial charge < -0.3 is 10.4 Å². The summed E-state index contributed by atoms with van der Waals surface area (Å²) in [7, 11) is 0. The molecule has 20 heavy (non-hydrogen) atoms. The molecule has 2 aromatic rings. The lowest BCUT2D eigenvalue weighted by Crippen LogP contribution is -2.28. The van der Waals surface area contributed by atoms with Crippen LogP contribution in [0.5, 0.6) is 0 Å². The molecular weight excluding hydrogens is 257 g/mol. The molecule has 0 amide bonds. The highest BCUT2D eigenvalue weighted by Crippen LogP contribution is 2.10. The minimum atomic E-state index is -0.252. The number of nitrogens with zero attached hydrogens (tertiary/aromatic N) is 2. The van der Waals surface area contributed by atoms with E-state index >= 15 is 0 Å². The first kappa shape index (κ1) is 14.7. The summed E-state index contributed by atoms with van der Waals surface area (Å²) in [5, 5.41) is 16.6. The fraction of sp³-hybridized carbons (Fsp3) is 0.400. The zero-order valence-corrected chi connectivity index (χ0v) is 11.6. The molecule has 0 fully saturated rings. The van der Waals surface area contributed by atoms with Crippen LogP contribution in [0.25, 0.3) is 5.69 Å². The topological polar surface area (TPSA) is 50.1 Å². The van der Waals surface area contributed by atoms with Gasteiger partial charge in [-0.15, -0.1) is 0 Å². The first-order chi connectivity index (χ1) is 9.72. The lowest BCUT2D eigenvalue weighted by atomic mass is 10.1. The Hall–Kier alpha value is -1.72. The van der Waals surface area contributed by atoms with E-state index in [4.69, 9.17) is 5.11 Å². The molecule has 0 saturated heterocycles. The van der Waals surface area contributed by atoms with Gasteiger partial charge >= 0.3 is 0 Å². The van der Waals surface area contributed by atoms with Crippen molar-refractivity contribution >= 4 is 0 Å². The third-order valence-corrected chi connectivity index (χ3v) is 3.29. The Labute approximate surface area is 118 Å². The SMILES string of the molecule is CCC(CCO)NCc1cnn(-c2ccc(F)cc2)c1. The normalized spacial score (nSPS) is 12.6. The van der Waals surface area contributed by atoms with Gasteiger partial charge in [0.2, 0.25) is 0 Å². The molecule has 2 N–H and O–H groups in total. The molecule has 0 bridgehead atoms. The molecule has 1 atom stereocenters. The van der Waals surface area contributed by atoms with Gasteiger partial charge in [0.15, 0.2) is 0 Å². The lowest BCUT2D eigenvalue weighted by molar-refractivity contribution is 0.262. The number of halogens is 1. The number of aromatic nitrogens is 2. The Kier molecular flexibility index (Phi) is 5.26. The van der Waals surface area contributed by atoms with Crippen molar-refractivity contribution in [3.8, 4) is 5.69 Å². The minimum Gasteiger partial charge on any atom is -0.396 e. The number of rotatable bonds is 7. The van der Waals surface area contributed by atoms with E-state index in [1.807, 2.05) is 6.20 Å². The molecule has 1 heterocycles. The summed E-state index contributed by atoms with van der Waals surface area (Å²) in [4.78, 5) is 0. The van der Waals surface area contributed by atoms with Crippen LogP contribution in [-0.4, -0.2) is 27.5 Å². The Morgan fingerprint density at radius 2 is 2.10 bits per heavy atom. The van der Waals surface area contributed by atoms with E-state index in [9.17, 15) is 4.39 Å². The summed E-state index contributed by atoms with van der Waals surface area (Å²) >= 11 is 0. The van der Waals surface area contributed by atoms with Gasteiger partial charge in [-0.25, -0.2) is 9.07 Å². The van der Waals surface area contributed by atoms with Crippen molar-refractivity contribution in [1.82, 2.24) is 15.1 Å². The highest BCUT2D eigenvalue weighted by molar-refractivity contribution is 5.31. The number of nitrogens with one attached hydrogen (secondary N) is 1. The maximum atomic E-state index is 12.9. The smallest absolute Gasteiger partial charge is 0.123 e. The molecule has 0 saturated carbocycles. The molecule has 1 unspecified atom stereocenters. The summed E-state index contributed by atoms with van der Waals surface area (Å²) in [6.45, 7) is 3.00. The van der Waals surface area contributed by atoms with Gasteiger partial charge in [0.1, 0.15) is 5.82 Å². The maximum Gasteiger partial charge on any atom is 0.123 e. The molecule has 4 nitrogen and oxygen atoms in total. The highest BCUT2D eigenvalue weighted by Gasteiger charge is 2.06. The molecule has 2 rings (SSSR count). The lowest BCUT2D eigenvalue weighted by Gasteiger charge is -2.14. The number of aliphatic hydroxyl groups is 1. The highest BCUT2D eigenvalue weighted by atomic mass is 19.1. The third kappa shape index (κ3) is 3.88. The Morgan fingerprint density at radius 3 is 2.75 bits per heavy atom. The molecule has 0 spiro atoms. The number of hydrogen-bond donors (Lipinski definition) is 2. The van der Waals surface area contributed by atoms with E-state index < -0.39 is 0 Å². The molecule has 5 heteroatoms. The van der Waals surface area contributed by atoms with Crippen LogP contribution in [0.4, 0.5) is 4.39 Å². The van der Waals surface area contributed by atoms with Gasteiger partial charge in [0.25, 0.3) is 0 Å². The third-order valence-electron chi connectivity index (χ3n) is 3.29. The van der Waals surface area contributed by atoms with Crippen LogP contribution in [0.15, 0.2) is 36.7 Å². The fourth-order valence-electron chi connectivity index (χ4n) is 2.05. The largest absolute Gasteiger partial charge is 0.396 e. The van der Waals surface area contributed by atoms with Gasteiger partial charge in [0, 0.05) is 31.0 Å². The number of benzene rings is 1. The zero-order chi connectivity index (χ0) is 14.4. The van der Waals surface area contributed by atoms with Crippen LogP contribution >= 0.6 is 0 Å². The Bertz CT molecular complexity index is 524. The molecule has 108 valence electrons. The van der Waals surface area contributed by atoms with E-state index in [-0.39, 0.29) is 12.4 Å². The van der Waals surface area contributed by atoms with Gasteiger partial charge in [0.05, 0.1) is 11.9 Å². The van der Waals surface area contributed by atoms with Gasteiger partial charge in [-0.2, -0.15) is 5.10 Å². The minimum absolute atomic E-state index is 0.195. The first-order valence-electron chi connectivity index (χ1n) is 6.86. The number of aliphatic hydroxyl groups excluding tert-OH is 1. The molecule has 0 aliphatic heterocycles. The van der Waals surface area contributed by atoms with Crippen molar-refractivity contribution in [3.05, 3.63) is 48.0 Å². The van der Waals surface area contributed by atoms with E-state index in [2.05, 4.69) is 17.3 Å². The van der Waals surface area contributed by atoms with Gasteiger partial charge in [-0.05, 0) is 37.1 Å². The van der Waals surface area contributed by atoms with Crippen LogP contribution in [0.1, 0.15) is 25.3 Å². The molecule has 0 aliphatic carbocycles. The van der Waals surface area contributed by atoms with Crippen molar-refractivity contribution in [2.45, 2.75) is 32.4 Å². The van der Waals surface area contributed by atoms with E-state index in [0.29, 0.717) is 12.6 Å². The fourth-order valence-corrected chi connectivity index (χ4v) is 2.05. The van der Waals surface area contributed by atoms with Crippen molar-refractivity contribution in [2.24, 2.45) is 0 Å². The second-order valence-electron chi connectivity index (χ2n) is 4.77. The Morgan fingerprint density at radius 1 is 1.35 bits per heavy atom. The predicted octanol–water partition coefficient (Wildman–Crippen LogP) is 2.26. The van der Waals surface area contributed by atoms with Gasteiger partial charge in [-0.1, -0.05) is 6.92 Å². The molecular formula is C15H20FN3O. The average Bonchev–Trinajstić information content (AvgIpc) is 2.93. The summed E-state index contributed by atoms with van der Waals surface area (Å²) < 4.78 is 14.6. The van der Waals surface area contributed by atoms with Crippen LogP contribution in [0.2, 0.25) is 0 Å².